The summed E-state index contributed by atoms with van der Waals surface area (Å²) in [5.41, 5.74) is 2.07. The Balaban J connectivity index is 1.70. The Morgan fingerprint density at radius 3 is 2.64 bits per heavy atom. The van der Waals surface area contributed by atoms with E-state index in [0.717, 1.165) is 22.3 Å². The van der Waals surface area contributed by atoms with Gasteiger partial charge in [0.05, 0.1) is 26.2 Å². The van der Waals surface area contributed by atoms with E-state index in [1.807, 2.05) is 37.3 Å². The number of aryl methyl sites for hydroxylation is 1. The molecule has 0 saturated carbocycles. The second-order valence-corrected chi connectivity index (χ2v) is 6.44. The van der Waals surface area contributed by atoms with Gasteiger partial charge in [0, 0.05) is 18.0 Å². The summed E-state index contributed by atoms with van der Waals surface area (Å²) in [4.78, 5) is 24.7. The second-order valence-electron chi connectivity index (χ2n) is 6.44. The smallest absolute Gasteiger partial charge is 0.340 e. The zero-order chi connectivity index (χ0) is 20.1. The van der Waals surface area contributed by atoms with Crippen LogP contribution in [0.25, 0.3) is 11.0 Å². The number of para-hydroxylation sites is 1. The molecule has 0 bridgehead atoms. The van der Waals surface area contributed by atoms with Gasteiger partial charge in [0.2, 0.25) is 5.91 Å². The molecule has 6 heteroatoms. The molecule has 2 aromatic carbocycles. The Hall–Kier alpha value is -3.28. The van der Waals surface area contributed by atoms with Crippen LogP contribution in [0.15, 0.2) is 51.7 Å². The SMILES string of the molecule is COc1ccc2c(C)c(CC(=O)NCCc3ccccc3OC)c(=O)oc2c1. The average Bonchev–Trinajstić information content (AvgIpc) is 2.71. The Morgan fingerprint density at radius 1 is 1.11 bits per heavy atom. The quantitative estimate of drug-likeness (QED) is 0.637. The van der Waals surface area contributed by atoms with E-state index in [4.69, 9.17) is 13.9 Å². The summed E-state index contributed by atoms with van der Waals surface area (Å²) in [5, 5.41) is 3.65. The van der Waals surface area contributed by atoms with Gasteiger partial charge in [0.15, 0.2) is 0 Å². The Morgan fingerprint density at radius 2 is 1.89 bits per heavy atom. The largest absolute Gasteiger partial charge is 0.497 e. The van der Waals surface area contributed by atoms with Crippen LogP contribution >= 0.6 is 0 Å². The van der Waals surface area contributed by atoms with Gasteiger partial charge in [0.25, 0.3) is 0 Å². The number of benzene rings is 2. The molecular formula is C22H23NO5. The van der Waals surface area contributed by atoms with Gasteiger partial charge in [-0.05, 0) is 42.7 Å². The van der Waals surface area contributed by atoms with E-state index in [0.29, 0.717) is 29.9 Å². The highest BCUT2D eigenvalue weighted by Gasteiger charge is 2.15. The predicted octanol–water partition coefficient (Wildman–Crippen LogP) is 3.02. The van der Waals surface area contributed by atoms with Crippen molar-refractivity contribution >= 4 is 16.9 Å². The van der Waals surface area contributed by atoms with E-state index >= 15 is 0 Å². The highest BCUT2D eigenvalue weighted by Crippen LogP contribution is 2.24. The predicted molar refractivity (Wildman–Crippen MR) is 107 cm³/mol. The molecule has 0 saturated heterocycles. The first-order valence-corrected chi connectivity index (χ1v) is 9.02. The van der Waals surface area contributed by atoms with Crippen LogP contribution in [0.1, 0.15) is 16.7 Å². The van der Waals surface area contributed by atoms with E-state index in [1.54, 1.807) is 26.4 Å². The number of hydrogen-bond donors (Lipinski definition) is 1. The van der Waals surface area contributed by atoms with Crippen LogP contribution in [0.5, 0.6) is 11.5 Å². The molecule has 0 aliphatic carbocycles. The van der Waals surface area contributed by atoms with E-state index < -0.39 is 5.63 Å². The minimum Gasteiger partial charge on any atom is -0.497 e. The summed E-state index contributed by atoms with van der Waals surface area (Å²) in [5.74, 6) is 1.17. The van der Waals surface area contributed by atoms with Crippen LogP contribution in [-0.2, 0) is 17.6 Å². The third-order valence-electron chi connectivity index (χ3n) is 4.74. The van der Waals surface area contributed by atoms with E-state index in [9.17, 15) is 9.59 Å². The normalized spacial score (nSPS) is 10.7. The van der Waals surface area contributed by atoms with Crippen LogP contribution in [0.2, 0.25) is 0 Å². The van der Waals surface area contributed by atoms with Crippen molar-refractivity contribution in [1.82, 2.24) is 5.32 Å². The molecule has 1 aromatic heterocycles. The van der Waals surface area contributed by atoms with Crippen LogP contribution < -0.4 is 20.4 Å². The molecular weight excluding hydrogens is 358 g/mol. The summed E-state index contributed by atoms with van der Waals surface area (Å²) < 4.78 is 15.9. The molecule has 0 aliphatic heterocycles. The number of nitrogens with one attached hydrogen (secondary N) is 1. The number of hydrogen-bond acceptors (Lipinski definition) is 5. The van der Waals surface area contributed by atoms with Gasteiger partial charge in [-0.2, -0.15) is 0 Å². The molecule has 1 heterocycles. The molecule has 0 atom stereocenters. The van der Waals surface area contributed by atoms with Gasteiger partial charge in [-0.15, -0.1) is 0 Å². The molecule has 146 valence electrons. The molecule has 3 aromatic rings. The van der Waals surface area contributed by atoms with Crippen LogP contribution in [0.3, 0.4) is 0 Å². The summed E-state index contributed by atoms with van der Waals surface area (Å²) in [6, 6.07) is 13.0. The van der Waals surface area contributed by atoms with E-state index in [2.05, 4.69) is 5.32 Å². The Kier molecular flexibility index (Phi) is 5.99. The maximum atomic E-state index is 12.4. The molecule has 0 radical (unpaired) electrons. The second kappa shape index (κ2) is 8.61. The zero-order valence-corrected chi connectivity index (χ0v) is 16.2. The Bertz CT molecular complexity index is 1050. The summed E-state index contributed by atoms with van der Waals surface area (Å²) in [6.07, 6.45) is 0.614. The lowest BCUT2D eigenvalue weighted by Crippen LogP contribution is -2.29. The zero-order valence-electron chi connectivity index (χ0n) is 16.2. The van der Waals surface area contributed by atoms with E-state index in [1.165, 1.54) is 0 Å². The minimum atomic E-state index is -0.502. The number of fused-ring (bicyclic) bond motifs is 1. The monoisotopic (exact) mass is 381 g/mol. The van der Waals surface area contributed by atoms with Gasteiger partial charge >= 0.3 is 5.63 Å². The molecule has 0 spiro atoms. The van der Waals surface area contributed by atoms with Crippen LogP contribution in [0, 0.1) is 6.92 Å². The molecule has 6 nitrogen and oxygen atoms in total. The number of methoxy groups -OCH3 is 2. The molecule has 0 unspecified atom stereocenters. The highest BCUT2D eigenvalue weighted by atomic mass is 16.5. The first-order chi connectivity index (χ1) is 13.5. The van der Waals surface area contributed by atoms with Crippen molar-refractivity contribution in [1.29, 1.82) is 0 Å². The van der Waals surface area contributed by atoms with Crippen molar-refractivity contribution in [2.24, 2.45) is 0 Å². The van der Waals surface area contributed by atoms with Crippen molar-refractivity contribution in [3.05, 3.63) is 69.6 Å². The standard InChI is InChI=1S/C22H23NO5/c1-14-17-9-8-16(26-2)12-20(17)28-22(25)18(14)13-21(24)23-11-10-15-6-4-5-7-19(15)27-3/h4-9,12H,10-11,13H2,1-3H3,(H,23,24). The highest BCUT2D eigenvalue weighted by molar-refractivity contribution is 5.85. The van der Waals surface area contributed by atoms with Gasteiger partial charge in [-0.25, -0.2) is 4.79 Å². The molecule has 28 heavy (non-hydrogen) atoms. The third-order valence-corrected chi connectivity index (χ3v) is 4.74. The van der Waals surface area contributed by atoms with E-state index in [-0.39, 0.29) is 12.3 Å². The first-order valence-electron chi connectivity index (χ1n) is 9.02. The lowest BCUT2D eigenvalue weighted by Gasteiger charge is -2.10. The van der Waals surface area contributed by atoms with Crippen molar-refractivity contribution in [3.8, 4) is 11.5 Å². The number of carbonyl (C=O) groups excluding carboxylic acids is 1. The molecule has 1 N–H and O–H groups in total. The fraction of sp³-hybridized carbons (Fsp3) is 0.273. The molecule has 1 amide bonds. The maximum absolute atomic E-state index is 12.4. The lowest BCUT2D eigenvalue weighted by atomic mass is 10.0. The van der Waals surface area contributed by atoms with Crippen LogP contribution in [0.4, 0.5) is 0 Å². The summed E-state index contributed by atoms with van der Waals surface area (Å²) in [7, 11) is 3.17. The van der Waals surface area contributed by atoms with Crippen molar-refractivity contribution in [3.63, 3.8) is 0 Å². The number of amides is 1. The molecule has 0 aliphatic rings. The number of carbonyl (C=O) groups is 1. The van der Waals surface area contributed by atoms with Crippen molar-refractivity contribution in [2.45, 2.75) is 19.8 Å². The first kappa shape index (κ1) is 19.5. The van der Waals surface area contributed by atoms with Crippen LogP contribution in [-0.4, -0.2) is 26.7 Å². The van der Waals surface area contributed by atoms with Gasteiger partial charge in [0.1, 0.15) is 17.1 Å². The fourth-order valence-corrected chi connectivity index (χ4v) is 3.17. The maximum Gasteiger partial charge on any atom is 0.340 e. The van der Waals surface area contributed by atoms with Crippen molar-refractivity contribution < 1.29 is 18.7 Å². The third kappa shape index (κ3) is 4.17. The van der Waals surface area contributed by atoms with Gasteiger partial charge < -0.3 is 19.2 Å². The topological polar surface area (TPSA) is 77.8 Å². The number of ether oxygens (including phenoxy) is 2. The van der Waals surface area contributed by atoms with Gasteiger partial charge in [-0.3, -0.25) is 4.79 Å². The average molecular weight is 381 g/mol. The Labute approximate surface area is 163 Å². The fourth-order valence-electron chi connectivity index (χ4n) is 3.17. The van der Waals surface area contributed by atoms with Crippen molar-refractivity contribution in [2.75, 3.05) is 20.8 Å². The lowest BCUT2D eigenvalue weighted by molar-refractivity contribution is -0.120. The number of rotatable bonds is 7. The van der Waals surface area contributed by atoms with Gasteiger partial charge in [-0.1, -0.05) is 18.2 Å². The molecule has 3 rings (SSSR count). The summed E-state index contributed by atoms with van der Waals surface area (Å²) in [6.45, 7) is 2.28. The summed E-state index contributed by atoms with van der Waals surface area (Å²) >= 11 is 0. The molecule has 0 fully saturated rings. The minimum absolute atomic E-state index is 0.0257.